The van der Waals surface area contributed by atoms with E-state index in [4.69, 9.17) is 11.6 Å². The van der Waals surface area contributed by atoms with Crippen LogP contribution in [-0.4, -0.2) is 54.3 Å². The largest absolute Gasteiger partial charge is 0.416 e. The van der Waals surface area contributed by atoms with Gasteiger partial charge in [0.05, 0.1) is 22.8 Å². The fourth-order valence-electron chi connectivity index (χ4n) is 3.36. The van der Waals surface area contributed by atoms with E-state index in [0.717, 1.165) is 29.3 Å². The highest BCUT2D eigenvalue weighted by Crippen LogP contribution is 2.33. The molecule has 2 amide bonds. The lowest BCUT2D eigenvalue weighted by Gasteiger charge is -2.34. The quantitative estimate of drug-likeness (QED) is 0.747. The number of carbonyl (C=O) groups is 2. The number of rotatable bonds is 4. The van der Waals surface area contributed by atoms with E-state index in [9.17, 15) is 22.8 Å². The van der Waals surface area contributed by atoms with Crippen molar-refractivity contribution in [2.75, 3.05) is 38.0 Å². The van der Waals surface area contributed by atoms with E-state index in [-0.39, 0.29) is 23.2 Å². The van der Waals surface area contributed by atoms with Crippen LogP contribution in [0.15, 0.2) is 36.4 Å². The van der Waals surface area contributed by atoms with Crippen LogP contribution < -0.4 is 5.32 Å². The molecule has 1 aliphatic rings. The van der Waals surface area contributed by atoms with E-state index in [1.54, 1.807) is 4.90 Å². The molecule has 1 N–H and O–H groups in total. The molecule has 0 atom stereocenters. The van der Waals surface area contributed by atoms with Crippen molar-refractivity contribution < 1.29 is 22.8 Å². The number of nitrogens with zero attached hydrogens (tertiary/aromatic N) is 2. The Morgan fingerprint density at radius 2 is 1.68 bits per heavy atom. The van der Waals surface area contributed by atoms with E-state index >= 15 is 0 Å². The van der Waals surface area contributed by atoms with E-state index < -0.39 is 17.6 Å². The van der Waals surface area contributed by atoms with Crippen LogP contribution in [0.4, 0.5) is 18.9 Å². The number of hydrogen-bond donors (Lipinski definition) is 1. The van der Waals surface area contributed by atoms with Crippen molar-refractivity contribution in [1.29, 1.82) is 0 Å². The zero-order chi connectivity index (χ0) is 22.8. The number of aryl methyl sites for hydroxylation is 2. The van der Waals surface area contributed by atoms with Crippen molar-refractivity contribution in [3.05, 3.63) is 63.7 Å². The lowest BCUT2D eigenvalue weighted by molar-refractivity contribution is -0.137. The third kappa shape index (κ3) is 5.77. The third-order valence-corrected chi connectivity index (χ3v) is 5.68. The Kier molecular flexibility index (Phi) is 6.91. The number of piperazine rings is 1. The minimum atomic E-state index is -4.52. The van der Waals surface area contributed by atoms with Crippen molar-refractivity contribution in [2.24, 2.45) is 0 Å². The highest BCUT2D eigenvalue weighted by Gasteiger charge is 2.31. The summed E-state index contributed by atoms with van der Waals surface area (Å²) in [6.07, 6.45) is -4.52. The molecule has 1 aliphatic heterocycles. The molecule has 1 heterocycles. The number of hydrogen-bond acceptors (Lipinski definition) is 3. The van der Waals surface area contributed by atoms with Gasteiger partial charge in [-0.3, -0.25) is 14.5 Å². The summed E-state index contributed by atoms with van der Waals surface area (Å²) in [6.45, 7) is 5.84. The summed E-state index contributed by atoms with van der Waals surface area (Å²) in [5, 5.41) is 2.48. The van der Waals surface area contributed by atoms with Gasteiger partial charge in [0, 0.05) is 31.7 Å². The molecule has 0 bridgehead atoms. The van der Waals surface area contributed by atoms with Gasteiger partial charge < -0.3 is 10.2 Å². The fraction of sp³-hybridized carbons (Fsp3) is 0.364. The number of halogens is 4. The molecule has 1 saturated heterocycles. The standard InChI is InChI=1S/C22H23ClF3N3O2/c1-14-3-4-16(11-15(14)2)21(31)29-9-7-28(8-10-29)13-20(30)27-19-12-17(22(24,25)26)5-6-18(19)23/h3-6,11-12H,7-10,13H2,1-2H3,(H,27,30). The van der Waals surface area contributed by atoms with Crippen LogP contribution in [0.3, 0.4) is 0 Å². The average Bonchev–Trinajstić information content (AvgIpc) is 2.71. The summed E-state index contributed by atoms with van der Waals surface area (Å²) in [7, 11) is 0. The molecule has 0 unspecified atom stereocenters. The Morgan fingerprint density at radius 3 is 2.29 bits per heavy atom. The Hall–Kier alpha value is -2.58. The number of alkyl halides is 3. The minimum absolute atomic E-state index is 0.00174. The van der Waals surface area contributed by atoms with Crippen LogP contribution in [-0.2, 0) is 11.0 Å². The zero-order valence-electron chi connectivity index (χ0n) is 17.2. The SMILES string of the molecule is Cc1ccc(C(=O)N2CCN(CC(=O)Nc3cc(C(F)(F)F)ccc3Cl)CC2)cc1C. The highest BCUT2D eigenvalue weighted by molar-refractivity contribution is 6.33. The first kappa shape index (κ1) is 23.1. The highest BCUT2D eigenvalue weighted by atomic mass is 35.5. The van der Waals surface area contributed by atoms with Gasteiger partial charge in [0.25, 0.3) is 5.91 Å². The van der Waals surface area contributed by atoms with Gasteiger partial charge in [-0.25, -0.2) is 0 Å². The van der Waals surface area contributed by atoms with E-state index in [0.29, 0.717) is 31.7 Å². The topological polar surface area (TPSA) is 52.7 Å². The average molecular weight is 454 g/mol. The van der Waals surface area contributed by atoms with Crippen LogP contribution in [0.2, 0.25) is 5.02 Å². The molecule has 2 aromatic carbocycles. The number of nitrogens with one attached hydrogen (secondary N) is 1. The molecule has 0 saturated carbocycles. The Bertz CT molecular complexity index is 986. The summed E-state index contributed by atoms with van der Waals surface area (Å²) in [5.41, 5.74) is 1.84. The van der Waals surface area contributed by atoms with Gasteiger partial charge in [-0.15, -0.1) is 0 Å². The normalized spacial score (nSPS) is 15.1. The van der Waals surface area contributed by atoms with Gasteiger partial charge in [0.15, 0.2) is 0 Å². The molecule has 0 spiro atoms. The van der Waals surface area contributed by atoms with Crippen molar-refractivity contribution in [1.82, 2.24) is 9.80 Å². The Morgan fingerprint density at radius 1 is 1.00 bits per heavy atom. The second-order valence-corrected chi connectivity index (χ2v) is 8.02. The van der Waals surface area contributed by atoms with E-state index in [2.05, 4.69) is 5.32 Å². The molecular formula is C22H23ClF3N3O2. The molecule has 166 valence electrons. The molecular weight excluding hydrogens is 431 g/mol. The van der Waals surface area contributed by atoms with Crippen LogP contribution in [0.25, 0.3) is 0 Å². The first-order chi connectivity index (χ1) is 14.5. The van der Waals surface area contributed by atoms with Crippen molar-refractivity contribution in [3.63, 3.8) is 0 Å². The second kappa shape index (κ2) is 9.28. The number of carbonyl (C=O) groups excluding carboxylic acids is 2. The summed E-state index contributed by atoms with van der Waals surface area (Å²) in [5.74, 6) is -0.516. The maximum Gasteiger partial charge on any atom is 0.416 e. The molecule has 5 nitrogen and oxygen atoms in total. The lowest BCUT2D eigenvalue weighted by atomic mass is 10.1. The maximum absolute atomic E-state index is 12.9. The van der Waals surface area contributed by atoms with Crippen LogP contribution in [0.5, 0.6) is 0 Å². The minimum Gasteiger partial charge on any atom is -0.336 e. The molecule has 9 heteroatoms. The van der Waals surface area contributed by atoms with E-state index in [1.807, 2.05) is 36.9 Å². The third-order valence-electron chi connectivity index (χ3n) is 5.35. The first-order valence-corrected chi connectivity index (χ1v) is 10.2. The van der Waals surface area contributed by atoms with Crippen molar-refractivity contribution in [2.45, 2.75) is 20.0 Å². The van der Waals surface area contributed by atoms with Gasteiger partial charge in [-0.1, -0.05) is 17.7 Å². The maximum atomic E-state index is 12.9. The lowest BCUT2D eigenvalue weighted by Crippen LogP contribution is -2.50. The molecule has 2 aromatic rings. The van der Waals surface area contributed by atoms with Gasteiger partial charge in [-0.2, -0.15) is 13.2 Å². The predicted octanol–water partition coefficient (Wildman–Crippen LogP) is 4.37. The summed E-state index contributed by atoms with van der Waals surface area (Å²) in [4.78, 5) is 28.6. The Labute approximate surface area is 183 Å². The van der Waals surface area contributed by atoms with Gasteiger partial charge >= 0.3 is 6.18 Å². The molecule has 1 fully saturated rings. The van der Waals surface area contributed by atoms with Crippen molar-refractivity contribution >= 4 is 29.1 Å². The number of benzene rings is 2. The molecule has 0 aliphatic carbocycles. The van der Waals surface area contributed by atoms with Crippen molar-refractivity contribution in [3.8, 4) is 0 Å². The smallest absolute Gasteiger partial charge is 0.336 e. The molecule has 0 aromatic heterocycles. The van der Waals surface area contributed by atoms with Crippen LogP contribution in [0.1, 0.15) is 27.0 Å². The molecule has 31 heavy (non-hydrogen) atoms. The predicted molar refractivity (Wildman–Crippen MR) is 113 cm³/mol. The second-order valence-electron chi connectivity index (χ2n) is 7.61. The van der Waals surface area contributed by atoms with Gasteiger partial charge in [0.2, 0.25) is 5.91 Å². The van der Waals surface area contributed by atoms with Gasteiger partial charge in [0.1, 0.15) is 0 Å². The molecule has 3 rings (SSSR count). The number of amides is 2. The van der Waals surface area contributed by atoms with E-state index in [1.165, 1.54) is 0 Å². The summed E-state index contributed by atoms with van der Waals surface area (Å²) in [6, 6.07) is 8.39. The van der Waals surface area contributed by atoms with Crippen LogP contribution >= 0.6 is 11.6 Å². The monoisotopic (exact) mass is 453 g/mol. The summed E-state index contributed by atoms with van der Waals surface area (Å²) < 4.78 is 38.6. The zero-order valence-corrected chi connectivity index (χ0v) is 18.0. The number of anilines is 1. The fourth-order valence-corrected chi connectivity index (χ4v) is 3.52. The Balaban J connectivity index is 1.54. The first-order valence-electron chi connectivity index (χ1n) is 9.80. The summed E-state index contributed by atoms with van der Waals surface area (Å²) >= 11 is 5.93. The van der Waals surface area contributed by atoms with Crippen LogP contribution in [0, 0.1) is 13.8 Å². The molecule has 0 radical (unpaired) electrons. The van der Waals surface area contributed by atoms with Gasteiger partial charge in [-0.05, 0) is 55.3 Å².